The van der Waals surface area contributed by atoms with Gasteiger partial charge in [-0.2, -0.15) is 5.26 Å². The minimum atomic E-state index is -0.730. The predicted octanol–water partition coefficient (Wildman–Crippen LogP) is 2.96. The third kappa shape index (κ3) is 5.99. The zero-order valence-electron chi connectivity index (χ0n) is 20.7. The Morgan fingerprint density at radius 1 is 1.22 bits per heavy atom. The van der Waals surface area contributed by atoms with Crippen LogP contribution < -0.4 is 32.6 Å². The van der Waals surface area contributed by atoms with Gasteiger partial charge in [-0.05, 0) is 38.5 Å². The molecule has 0 saturated carbocycles. The van der Waals surface area contributed by atoms with Crippen molar-refractivity contribution >= 4 is 56.7 Å². The number of ether oxygens (including phenoxy) is 2. The highest BCUT2D eigenvalue weighted by Gasteiger charge is 2.24. The van der Waals surface area contributed by atoms with Gasteiger partial charge in [-0.1, -0.05) is 6.07 Å². The number of hydrogen-bond acceptors (Lipinski definition) is 10. The number of carbonyl (C=O) groups excluding carboxylic acids is 3. The van der Waals surface area contributed by atoms with Crippen LogP contribution in [0.1, 0.15) is 42.4 Å². The van der Waals surface area contributed by atoms with Crippen LogP contribution >= 0.6 is 11.3 Å². The summed E-state index contributed by atoms with van der Waals surface area (Å²) in [5, 5.41) is 15.4. The lowest BCUT2D eigenvalue weighted by Gasteiger charge is -2.19. The summed E-state index contributed by atoms with van der Waals surface area (Å²) in [6, 6.07) is 6.89. The molecule has 3 rings (SSSR count). The molecule has 1 aromatic carbocycles. The third-order valence-electron chi connectivity index (χ3n) is 5.02. The van der Waals surface area contributed by atoms with Gasteiger partial charge in [0.1, 0.15) is 38.5 Å². The molecule has 0 aliphatic carbocycles. The van der Waals surface area contributed by atoms with Crippen molar-refractivity contribution < 1.29 is 23.9 Å². The zero-order chi connectivity index (χ0) is 27.5. The van der Waals surface area contributed by atoms with Gasteiger partial charge >= 0.3 is 6.09 Å². The fourth-order valence-electron chi connectivity index (χ4n) is 3.52. The lowest BCUT2D eigenvalue weighted by atomic mass is 9.96. The smallest absolute Gasteiger partial charge is 0.407 e. The van der Waals surface area contributed by atoms with Crippen LogP contribution in [-0.4, -0.2) is 42.1 Å². The Labute approximate surface area is 216 Å². The monoisotopic (exact) mass is 525 g/mol. The van der Waals surface area contributed by atoms with Gasteiger partial charge in [0.05, 0.1) is 18.5 Å². The Balaban J connectivity index is 1.96. The number of amides is 3. The number of fused-ring (bicyclic) bond motifs is 1. The molecule has 37 heavy (non-hydrogen) atoms. The van der Waals surface area contributed by atoms with Crippen molar-refractivity contribution in [2.45, 2.75) is 32.8 Å². The number of hydrogen-bond donors (Lipinski definition) is 5. The molecule has 13 heteroatoms. The summed E-state index contributed by atoms with van der Waals surface area (Å²) >= 11 is 0.972. The zero-order valence-corrected chi connectivity index (χ0v) is 21.5. The summed E-state index contributed by atoms with van der Waals surface area (Å²) in [4.78, 5) is 40.9. The van der Waals surface area contributed by atoms with Gasteiger partial charge in [-0.25, -0.2) is 9.78 Å². The maximum absolute atomic E-state index is 12.6. The molecule has 0 radical (unpaired) electrons. The lowest BCUT2D eigenvalue weighted by Crippen LogP contribution is -2.34. The van der Waals surface area contributed by atoms with Crippen LogP contribution in [0.3, 0.4) is 0 Å². The van der Waals surface area contributed by atoms with E-state index in [0.29, 0.717) is 32.8 Å². The fourth-order valence-corrected chi connectivity index (χ4v) is 4.49. The van der Waals surface area contributed by atoms with Crippen molar-refractivity contribution in [1.82, 2.24) is 10.3 Å². The number of aromatic nitrogens is 1. The number of anilines is 3. The number of rotatable bonds is 7. The van der Waals surface area contributed by atoms with Crippen molar-refractivity contribution in [1.29, 1.82) is 5.26 Å². The second-order valence-electron chi connectivity index (χ2n) is 8.89. The molecule has 0 spiro atoms. The molecule has 0 bridgehead atoms. The molecule has 0 fully saturated rings. The van der Waals surface area contributed by atoms with E-state index >= 15 is 0 Å². The number of nitrogens with zero attached hydrogens (tertiary/aromatic N) is 2. The van der Waals surface area contributed by atoms with E-state index in [0.717, 1.165) is 11.3 Å². The lowest BCUT2D eigenvalue weighted by molar-refractivity contribution is -0.116. The van der Waals surface area contributed by atoms with E-state index in [1.807, 2.05) is 6.07 Å². The van der Waals surface area contributed by atoms with E-state index < -0.39 is 23.5 Å². The molecular weight excluding hydrogens is 498 g/mol. The highest BCUT2D eigenvalue weighted by molar-refractivity contribution is 7.21. The summed E-state index contributed by atoms with van der Waals surface area (Å²) in [5.41, 5.74) is 18.3. The second kappa shape index (κ2) is 10.6. The quantitative estimate of drug-likeness (QED) is 0.306. The number of alkyl carbamates (subject to hydrolysis) is 1. The number of thiophene rings is 1. The van der Waals surface area contributed by atoms with Crippen LogP contribution in [0.5, 0.6) is 5.75 Å². The molecule has 0 atom stereocenters. The van der Waals surface area contributed by atoms with Gasteiger partial charge in [0.2, 0.25) is 5.91 Å². The number of carbonyl (C=O) groups is 3. The first-order chi connectivity index (χ1) is 17.4. The predicted molar refractivity (Wildman–Crippen MR) is 141 cm³/mol. The van der Waals surface area contributed by atoms with Gasteiger partial charge in [-0.3, -0.25) is 9.59 Å². The molecule has 0 unspecified atom stereocenters. The average molecular weight is 526 g/mol. The second-order valence-corrected chi connectivity index (χ2v) is 9.89. The Hall–Kier alpha value is -4.57. The van der Waals surface area contributed by atoms with Gasteiger partial charge in [0.25, 0.3) is 5.91 Å². The normalized spacial score (nSPS) is 11.0. The molecule has 3 aromatic rings. The topological polar surface area (TPSA) is 208 Å². The summed E-state index contributed by atoms with van der Waals surface area (Å²) in [7, 11) is 1.44. The van der Waals surface area contributed by atoms with Crippen molar-refractivity contribution in [3.05, 3.63) is 28.6 Å². The highest BCUT2D eigenvalue weighted by atomic mass is 32.1. The van der Waals surface area contributed by atoms with Gasteiger partial charge in [0, 0.05) is 23.9 Å². The molecule has 0 aliphatic rings. The van der Waals surface area contributed by atoms with Crippen LogP contribution in [0, 0.1) is 11.3 Å². The number of nitrogens with two attached hydrogens (primary N) is 3. The number of primary amides is 1. The van der Waals surface area contributed by atoms with Crippen molar-refractivity contribution in [2.75, 3.05) is 30.4 Å². The summed E-state index contributed by atoms with van der Waals surface area (Å²) in [6.45, 7) is 5.25. The van der Waals surface area contributed by atoms with Gasteiger partial charge in [0.15, 0.2) is 0 Å². The van der Waals surface area contributed by atoms with Crippen molar-refractivity contribution in [2.24, 2.45) is 5.73 Å². The van der Waals surface area contributed by atoms with E-state index in [9.17, 15) is 19.6 Å². The summed E-state index contributed by atoms with van der Waals surface area (Å²) in [6.07, 6.45) is -0.672. The van der Waals surface area contributed by atoms with Crippen molar-refractivity contribution in [3.8, 4) is 22.9 Å². The van der Waals surface area contributed by atoms with Crippen LogP contribution in [-0.2, 0) is 9.53 Å². The van der Waals surface area contributed by atoms with E-state index in [1.54, 1.807) is 39.0 Å². The Morgan fingerprint density at radius 2 is 1.92 bits per heavy atom. The molecular formula is C24H27N7O5S. The van der Waals surface area contributed by atoms with E-state index in [4.69, 9.17) is 26.7 Å². The minimum absolute atomic E-state index is 0.0397. The fraction of sp³-hybridized carbons (Fsp3) is 0.292. The number of nitriles is 1. The Bertz CT molecular complexity index is 1440. The Morgan fingerprint density at radius 3 is 2.51 bits per heavy atom. The SMILES string of the molecule is COc1ccc(-c2c(C#N)c(N)nc3sc(C(N)=O)c(N)c23)cc1NC(=O)CCNC(=O)OC(C)(C)C. The largest absolute Gasteiger partial charge is 0.495 e. The first kappa shape index (κ1) is 27.0. The minimum Gasteiger partial charge on any atom is -0.495 e. The first-order valence-electron chi connectivity index (χ1n) is 11.0. The number of nitrogen functional groups attached to an aromatic ring is 2. The molecule has 8 N–H and O–H groups in total. The molecule has 0 saturated heterocycles. The van der Waals surface area contributed by atoms with E-state index in [1.165, 1.54) is 7.11 Å². The summed E-state index contributed by atoms with van der Waals surface area (Å²) in [5.74, 6) is -0.828. The maximum atomic E-state index is 12.6. The highest BCUT2D eigenvalue weighted by Crippen LogP contribution is 2.43. The maximum Gasteiger partial charge on any atom is 0.407 e. The molecule has 3 amide bonds. The van der Waals surface area contributed by atoms with Crippen LogP contribution in [0.2, 0.25) is 0 Å². The van der Waals surface area contributed by atoms with Crippen LogP contribution in [0.25, 0.3) is 21.3 Å². The Kier molecular flexibility index (Phi) is 7.73. The standard InChI is InChI=1S/C24H27N7O5S/c1-24(2,3)36-23(34)29-8-7-15(32)30-13-9-11(5-6-14(13)35-4)16-12(10-25)20(27)31-22-17(16)18(26)19(37-22)21(28)33/h5-6,9H,7-8,26H2,1-4H3,(H2,27,31)(H2,28,33)(H,29,34)(H,30,32). The number of benzene rings is 1. The average Bonchev–Trinajstić information content (AvgIpc) is 3.12. The molecule has 2 heterocycles. The molecule has 2 aromatic heterocycles. The number of methoxy groups -OCH3 is 1. The first-order valence-corrected chi connectivity index (χ1v) is 11.8. The van der Waals surface area contributed by atoms with Gasteiger partial charge < -0.3 is 37.3 Å². The van der Waals surface area contributed by atoms with Gasteiger partial charge in [-0.15, -0.1) is 11.3 Å². The van der Waals surface area contributed by atoms with Crippen molar-refractivity contribution in [3.63, 3.8) is 0 Å². The molecule has 194 valence electrons. The molecule has 0 aliphatic heterocycles. The summed E-state index contributed by atoms with van der Waals surface area (Å²) < 4.78 is 10.5. The number of nitrogens with one attached hydrogen (secondary N) is 2. The van der Waals surface area contributed by atoms with Crippen LogP contribution in [0.4, 0.5) is 22.0 Å². The number of pyridine rings is 1. The third-order valence-corrected chi connectivity index (χ3v) is 6.14. The van der Waals surface area contributed by atoms with Crippen LogP contribution in [0.15, 0.2) is 18.2 Å². The molecule has 12 nitrogen and oxygen atoms in total. The van der Waals surface area contributed by atoms with E-state index in [-0.39, 0.29) is 34.9 Å². The van der Waals surface area contributed by atoms with E-state index in [2.05, 4.69) is 15.6 Å².